The Morgan fingerprint density at radius 3 is 2.48 bits per heavy atom. The van der Waals surface area contributed by atoms with Crippen LogP contribution in [-0.4, -0.2) is 96.5 Å². The number of nitrogens with one attached hydrogen (secondary N) is 2. The fourth-order valence-electron chi connectivity index (χ4n) is 6.90. The average Bonchev–Trinajstić information content (AvgIpc) is 3.66. The van der Waals surface area contributed by atoms with E-state index >= 15 is 0 Å². The molecule has 1 aromatic carbocycles. The molecule has 1 aromatic heterocycles. The van der Waals surface area contributed by atoms with Gasteiger partial charge in [-0.1, -0.05) is 96.4 Å². The molecule has 1 fully saturated rings. The van der Waals surface area contributed by atoms with Gasteiger partial charge in [0.2, 0.25) is 11.8 Å². The molecule has 11 nitrogen and oxygen atoms in total. The van der Waals surface area contributed by atoms with Crippen molar-refractivity contribution in [3.63, 3.8) is 0 Å². The monoisotopic (exact) mass is 763 g/mol. The predicted octanol–water partition coefficient (Wildman–Crippen LogP) is 5.82. The molecule has 1 aliphatic heterocycles. The summed E-state index contributed by atoms with van der Waals surface area (Å²) in [5, 5.41) is 8.47. The van der Waals surface area contributed by atoms with E-state index in [4.69, 9.17) is 20.9 Å². The first kappa shape index (κ1) is 44.3. The van der Waals surface area contributed by atoms with Gasteiger partial charge in [-0.3, -0.25) is 24.1 Å². The largest absolute Gasteiger partial charge is 0.461 e. The number of benzene rings is 1. The van der Waals surface area contributed by atoms with E-state index in [9.17, 15) is 19.2 Å². The molecule has 3 amide bonds. The zero-order chi connectivity index (χ0) is 39.8. The van der Waals surface area contributed by atoms with Crippen molar-refractivity contribution in [2.24, 2.45) is 17.8 Å². The Morgan fingerprint density at radius 1 is 1.13 bits per heavy atom. The molecule has 54 heavy (non-hydrogen) atoms. The Kier molecular flexibility index (Phi) is 18.4. The molecule has 7 atom stereocenters. The second-order valence-corrected chi connectivity index (χ2v) is 15.7. The van der Waals surface area contributed by atoms with Gasteiger partial charge in [-0.25, -0.2) is 4.98 Å². The standard InChI is InChI=1S/C42H61N5O6S/c1-10-22-52-36(26-35(28(4)5)47(9)41(50)37(29(6)12-3)45-39(49)34-20-16-17-21-46(34)8)40-44-33(27-54-40)38(48)43-32(25-31-18-14-13-15-19-31)24-30(7)42(51)53-23-11-2/h1,11,13-15,18-19,27-30,32,34-37H,2,12,16-17,20-26H2,3-9H3,(H,43,48)(H,45,49)/t29-,30-,32+,34+,35+,36+,37-/m0/s1. The number of carbonyl (C=O) groups is 4. The number of amides is 3. The Morgan fingerprint density at radius 2 is 1.85 bits per heavy atom. The number of nitrogens with zero attached hydrogens (tertiary/aromatic N) is 3. The summed E-state index contributed by atoms with van der Waals surface area (Å²) in [4.78, 5) is 62.5. The summed E-state index contributed by atoms with van der Waals surface area (Å²) >= 11 is 1.29. The molecule has 3 rings (SSSR count). The molecule has 2 aromatic rings. The lowest BCUT2D eigenvalue weighted by Crippen LogP contribution is -2.58. The first-order valence-electron chi connectivity index (χ1n) is 19.2. The van der Waals surface area contributed by atoms with Crippen molar-refractivity contribution in [1.82, 2.24) is 25.4 Å². The van der Waals surface area contributed by atoms with Crippen LogP contribution >= 0.6 is 11.3 Å². The highest BCUT2D eigenvalue weighted by atomic mass is 32.1. The van der Waals surface area contributed by atoms with E-state index in [1.807, 2.05) is 65.1 Å². The lowest BCUT2D eigenvalue weighted by atomic mass is 9.92. The molecule has 296 valence electrons. The van der Waals surface area contributed by atoms with Gasteiger partial charge in [-0.15, -0.1) is 17.8 Å². The summed E-state index contributed by atoms with van der Waals surface area (Å²) in [6.45, 7) is 14.5. The van der Waals surface area contributed by atoms with Crippen LogP contribution in [0.4, 0.5) is 0 Å². The van der Waals surface area contributed by atoms with Gasteiger partial charge in [0.15, 0.2) is 0 Å². The maximum Gasteiger partial charge on any atom is 0.309 e. The van der Waals surface area contributed by atoms with E-state index in [0.29, 0.717) is 24.3 Å². The van der Waals surface area contributed by atoms with Gasteiger partial charge in [0.05, 0.1) is 12.0 Å². The summed E-state index contributed by atoms with van der Waals surface area (Å²) in [7, 11) is 3.74. The number of esters is 1. The number of likely N-dealkylation sites (N-methyl/N-ethyl adjacent to an activating group) is 2. The number of ether oxygens (including phenoxy) is 2. The maximum absolute atomic E-state index is 14.2. The minimum absolute atomic E-state index is 0.0215. The van der Waals surface area contributed by atoms with Crippen LogP contribution < -0.4 is 10.6 Å². The van der Waals surface area contributed by atoms with Gasteiger partial charge < -0.3 is 25.0 Å². The minimum Gasteiger partial charge on any atom is -0.461 e. The van der Waals surface area contributed by atoms with Gasteiger partial charge in [-0.05, 0) is 56.7 Å². The number of hydrogen-bond donors (Lipinski definition) is 2. The number of carbonyl (C=O) groups excluding carboxylic acids is 4. The van der Waals surface area contributed by atoms with Crippen molar-refractivity contribution in [1.29, 1.82) is 0 Å². The normalized spacial score (nSPS) is 17.9. The molecule has 1 aliphatic rings. The number of rotatable bonds is 21. The molecule has 0 spiro atoms. The van der Waals surface area contributed by atoms with E-state index in [-0.39, 0.29) is 72.6 Å². The highest BCUT2D eigenvalue weighted by Crippen LogP contribution is 2.31. The second kappa shape index (κ2) is 22.4. The lowest BCUT2D eigenvalue weighted by molar-refractivity contribution is -0.147. The predicted molar refractivity (Wildman–Crippen MR) is 214 cm³/mol. The molecule has 0 aliphatic carbocycles. The summed E-state index contributed by atoms with van der Waals surface area (Å²) in [5.41, 5.74) is 1.24. The Hall–Kier alpha value is -4.05. The summed E-state index contributed by atoms with van der Waals surface area (Å²) in [6.07, 6.45) is 11.3. The number of likely N-dealkylation sites (tertiary alicyclic amines) is 1. The number of piperidine rings is 1. The highest BCUT2D eigenvalue weighted by molar-refractivity contribution is 7.09. The Balaban J connectivity index is 1.80. The van der Waals surface area contributed by atoms with E-state index in [1.54, 1.807) is 24.3 Å². The van der Waals surface area contributed by atoms with E-state index in [0.717, 1.165) is 37.8 Å². The Bertz CT molecular complexity index is 1560. The first-order chi connectivity index (χ1) is 25.8. The molecule has 0 saturated carbocycles. The number of terminal acetylenes is 1. The third-order valence-electron chi connectivity index (χ3n) is 10.4. The highest BCUT2D eigenvalue weighted by Gasteiger charge is 2.37. The minimum atomic E-state index is -0.681. The topological polar surface area (TPSA) is 130 Å². The molecule has 2 N–H and O–H groups in total. The second-order valence-electron chi connectivity index (χ2n) is 14.9. The number of thiazole rings is 1. The lowest BCUT2D eigenvalue weighted by Gasteiger charge is -2.38. The van der Waals surface area contributed by atoms with Crippen LogP contribution in [0.2, 0.25) is 0 Å². The van der Waals surface area contributed by atoms with Gasteiger partial charge in [-0.2, -0.15) is 0 Å². The van der Waals surface area contributed by atoms with Crippen LogP contribution in [0.25, 0.3) is 0 Å². The summed E-state index contributed by atoms with van der Waals surface area (Å²) < 4.78 is 11.4. The zero-order valence-electron chi connectivity index (χ0n) is 33.2. The fourth-order valence-corrected chi connectivity index (χ4v) is 7.76. The molecule has 1 saturated heterocycles. The van der Waals surface area contributed by atoms with E-state index in [1.165, 1.54) is 17.4 Å². The smallest absolute Gasteiger partial charge is 0.309 e. The van der Waals surface area contributed by atoms with Crippen molar-refractivity contribution >= 4 is 35.0 Å². The van der Waals surface area contributed by atoms with Gasteiger partial charge in [0.25, 0.3) is 5.91 Å². The quantitative estimate of drug-likeness (QED) is 0.0926. The van der Waals surface area contributed by atoms with Gasteiger partial charge >= 0.3 is 5.97 Å². The van der Waals surface area contributed by atoms with Crippen molar-refractivity contribution in [2.75, 3.05) is 33.9 Å². The van der Waals surface area contributed by atoms with Crippen LogP contribution in [0.15, 0.2) is 48.4 Å². The van der Waals surface area contributed by atoms with Crippen LogP contribution in [0.3, 0.4) is 0 Å². The number of hydrogen-bond acceptors (Lipinski definition) is 9. The van der Waals surface area contributed by atoms with Crippen LogP contribution in [0, 0.1) is 30.1 Å². The van der Waals surface area contributed by atoms with Crippen LogP contribution in [0.5, 0.6) is 0 Å². The molecular formula is C42H61N5O6S. The molecule has 12 heteroatoms. The third kappa shape index (κ3) is 13.1. The Labute approximate surface area is 326 Å². The zero-order valence-corrected chi connectivity index (χ0v) is 34.0. The van der Waals surface area contributed by atoms with Gasteiger partial charge in [0.1, 0.15) is 36.1 Å². The van der Waals surface area contributed by atoms with Crippen molar-refractivity contribution in [3.8, 4) is 12.3 Å². The molecule has 2 heterocycles. The first-order valence-corrected chi connectivity index (χ1v) is 20.1. The molecule has 0 bridgehead atoms. The van der Waals surface area contributed by atoms with Crippen molar-refractivity contribution < 1.29 is 28.7 Å². The van der Waals surface area contributed by atoms with Crippen molar-refractivity contribution in [3.05, 3.63) is 64.6 Å². The molecule has 0 radical (unpaired) electrons. The average molecular weight is 764 g/mol. The SMILES string of the molecule is C#CCO[C@H](C[C@H](C(C)C)N(C)C(=O)[C@@H](NC(=O)[C@H]1CCCCN1C)[C@@H](C)CC)c1nc(C(=O)N[C@@H](Cc2ccccc2)C[C@H](C)C(=O)OCC=C)cs1. The number of aromatic nitrogens is 1. The summed E-state index contributed by atoms with van der Waals surface area (Å²) in [5.74, 6) is 1.03. The molecule has 0 unspecified atom stereocenters. The van der Waals surface area contributed by atoms with Gasteiger partial charge in [0, 0.05) is 30.9 Å². The van der Waals surface area contributed by atoms with E-state index in [2.05, 4.69) is 28.0 Å². The van der Waals surface area contributed by atoms with Crippen molar-refractivity contribution in [2.45, 2.75) is 110 Å². The van der Waals surface area contributed by atoms with Crippen LogP contribution in [0.1, 0.15) is 100 Å². The van der Waals surface area contributed by atoms with Crippen LogP contribution in [-0.2, 0) is 30.3 Å². The third-order valence-corrected chi connectivity index (χ3v) is 11.3. The fraction of sp³-hybridized carbons (Fsp3) is 0.595. The van der Waals surface area contributed by atoms with E-state index < -0.39 is 18.1 Å². The molecular weight excluding hydrogens is 703 g/mol. The summed E-state index contributed by atoms with van der Waals surface area (Å²) in [6, 6.07) is 8.17. The maximum atomic E-state index is 14.2.